The van der Waals surface area contributed by atoms with Crippen LogP contribution in [-0.4, -0.2) is 39.4 Å². The highest BCUT2D eigenvalue weighted by molar-refractivity contribution is 7.92. The predicted molar refractivity (Wildman–Crippen MR) is 96.5 cm³/mol. The number of hydroxylamine groups is 2. The van der Waals surface area contributed by atoms with Crippen LogP contribution in [0.2, 0.25) is 0 Å². The maximum atomic E-state index is 12.5. The van der Waals surface area contributed by atoms with Crippen LogP contribution in [0.3, 0.4) is 0 Å². The number of hydrogen-bond acceptors (Lipinski definition) is 6. The quantitative estimate of drug-likeness (QED) is 0.679. The molecule has 2 aromatic carbocycles. The van der Waals surface area contributed by atoms with E-state index in [-0.39, 0.29) is 10.8 Å². The van der Waals surface area contributed by atoms with E-state index in [0.717, 1.165) is 36.2 Å². The Labute approximate surface area is 165 Å². The van der Waals surface area contributed by atoms with Gasteiger partial charge in [0.05, 0.1) is 4.90 Å². The molecule has 1 aliphatic heterocycles. The van der Waals surface area contributed by atoms with Crippen LogP contribution in [-0.2, 0) is 19.7 Å². The highest BCUT2D eigenvalue weighted by Gasteiger charge is 2.31. The average Bonchev–Trinajstić information content (AvgIpc) is 3.10. The molecule has 1 atom stereocenters. The van der Waals surface area contributed by atoms with E-state index in [2.05, 4.69) is 9.46 Å². The van der Waals surface area contributed by atoms with Crippen LogP contribution in [0.5, 0.6) is 5.75 Å². The molecule has 1 unspecified atom stereocenters. The van der Waals surface area contributed by atoms with Crippen molar-refractivity contribution in [2.75, 3.05) is 17.8 Å². The molecule has 0 aliphatic carbocycles. The van der Waals surface area contributed by atoms with Crippen LogP contribution in [0.25, 0.3) is 0 Å². The zero-order valence-corrected chi connectivity index (χ0v) is 15.7. The zero-order valence-electron chi connectivity index (χ0n) is 14.9. The second kappa shape index (κ2) is 8.29. The fourth-order valence-electron chi connectivity index (χ4n) is 3.05. The van der Waals surface area contributed by atoms with Crippen molar-refractivity contribution >= 4 is 22.2 Å². The molecule has 11 heteroatoms. The minimum atomic E-state index is -4.86. The number of anilines is 1. The lowest BCUT2D eigenvalue weighted by Gasteiger charge is -2.14. The molecule has 1 saturated heterocycles. The van der Waals surface area contributed by atoms with Gasteiger partial charge < -0.3 is 9.57 Å². The summed E-state index contributed by atoms with van der Waals surface area (Å²) in [5, 5.41) is 1.53. The number of hydrogen-bond donors (Lipinski definition) is 1. The van der Waals surface area contributed by atoms with Gasteiger partial charge in [0.1, 0.15) is 5.75 Å². The smallest absolute Gasteiger partial charge is 0.406 e. The third kappa shape index (κ3) is 5.61. The van der Waals surface area contributed by atoms with Crippen LogP contribution >= 0.6 is 0 Å². The van der Waals surface area contributed by atoms with Gasteiger partial charge in [0.15, 0.2) is 0 Å². The highest BCUT2D eigenvalue weighted by atomic mass is 32.2. The summed E-state index contributed by atoms with van der Waals surface area (Å²) in [6.45, 7) is 1.43. The third-order valence-electron chi connectivity index (χ3n) is 4.32. The van der Waals surface area contributed by atoms with E-state index in [1.54, 1.807) is 18.2 Å². The van der Waals surface area contributed by atoms with E-state index in [4.69, 9.17) is 4.84 Å². The van der Waals surface area contributed by atoms with Crippen molar-refractivity contribution in [2.24, 2.45) is 0 Å². The normalized spacial score (nSPS) is 17.7. The largest absolute Gasteiger partial charge is 0.573 e. The van der Waals surface area contributed by atoms with Gasteiger partial charge in [0.2, 0.25) is 0 Å². The lowest BCUT2D eigenvalue weighted by Crippen LogP contribution is -2.20. The molecule has 2 aromatic rings. The Hall–Kier alpha value is -2.79. The summed E-state index contributed by atoms with van der Waals surface area (Å²) in [7, 11) is -4.00. The molecule has 0 aromatic heterocycles. The Balaban J connectivity index is 1.71. The number of nitrogens with one attached hydrogen (secondary N) is 1. The molecular formula is C18H17F3N2O5S. The standard InChI is InChI=1S/C18H17F3N2O5S/c19-18(20,21)28-16-4-6-17(7-5-16)29(25,26)22-15-3-1-2-13(10-15)14-8-9-23(11-14)27-12-24/h1-7,10,12,14,22H,8-9,11H2. The van der Waals surface area contributed by atoms with E-state index in [1.807, 2.05) is 6.07 Å². The van der Waals surface area contributed by atoms with Gasteiger partial charge in [-0.25, -0.2) is 8.42 Å². The second-order valence-electron chi connectivity index (χ2n) is 6.33. The SMILES string of the molecule is O=CON1CCC(c2cccc(NS(=O)(=O)c3ccc(OC(F)(F)F)cc3)c2)C1. The fourth-order valence-corrected chi connectivity index (χ4v) is 4.10. The third-order valence-corrected chi connectivity index (χ3v) is 5.72. The van der Waals surface area contributed by atoms with E-state index in [9.17, 15) is 26.4 Å². The van der Waals surface area contributed by atoms with Crippen molar-refractivity contribution < 1.29 is 36.0 Å². The number of carbonyl (C=O) groups is 1. The van der Waals surface area contributed by atoms with Crippen molar-refractivity contribution in [1.82, 2.24) is 5.06 Å². The fraction of sp³-hybridized carbons (Fsp3) is 0.278. The number of carbonyl (C=O) groups excluding carboxylic acids is 1. The summed E-state index contributed by atoms with van der Waals surface area (Å²) < 4.78 is 67.8. The van der Waals surface area contributed by atoms with E-state index in [1.165, 1.54) is 5.06 Å². The molecule has 29 heavy (non-hydrogen) atoms. The summed E-state index contributed by atoms with van der Waals surface area (Å²) in [4.78, 5) is 15.1. The van der Waals surface area contributed by atoms with Gasteiger partial charge in [-0.15, -0.1) is 18.2 Å². The Morgan fingerprint density at radius 2 is 1.86 bits per heavy atom. The lowest BCUT2D eigenvalue weighted by atomic mass is 9.98. The number of rotatable bonds is 7. The van der Waals surface area contributed by atoms with Crippen LogP contribution in [0, 0.1) is 0 Å². The molecule has 0 bridgehead atoms. The Morgan fingerprint density at radius 1 is 1.14 bits per heavy atom. The predicted octanol–water partition coefficient (Wildman–Crippen LogP) is 3.26. The molecule has 1 N–H and O–H groups in total. The minimum absolute atomic E-state index is 0.0678. The Morgan fingerprint density at radius 3 is 2.52 bits per heavy atom. The maximum Gasteiger partial charge on any atom is 0.573 e. The summed E-state index contributed by atoms with van der Waals surface area (Å²) >= 11 is 0. The van der Waals surface area contributed by atoms with E-state index in [0.29, 0.717) is 25.2 Å². The molecule has 1 aliphatic rings. The van der Waals surface area contributed by atoms with Gasteiger partial charge in [-0.3, -0.25) is 9.52 Å². The molecule has 0 radical (unpaired) electrons. The summed E-state index contributed by atoms with van der Waals surface area (Å²) in [5.74, 6) is -0.444. The lowest BCUT2D eigenvalue weighted by molar-refractivity contribution is -0.274. The number of nitrogens with zero attached hydrogens (tertiary/aromatic N) is 1. The average molecular weight is 430 g/mol. The van der Waals surface area contributed by atoms with E-state index < -0.39 is 22.1 Å². The molecule has 1 heterocycles. The molecular weight excluding hydrogens is 413 g/mol. The molecule has 3 rings (SSSR count). The van der Waals surface area contributed by atoms with Crippen LogP contribution in [0.15, 0.2) is 53.4 Å². The molecule has 7 nitrogen and oxygen atoms in total. The van der Waals surface area contributed by atoms with Crippen LogP contribution < -0.4 is 9.46 Å². The van der Waals surface area contributed by atoms with Gasteiger partial charge in [-0.05, 0) is 48.4 Å². The first-order valence-electron chi connectivity index (χ1n) is 8.50. The number of sulfonamides is 1. The number of alkyl halides is 3. The first-order chi connectivity index (χ1) is 13.7. The number of benzene rings is 2. The molecule has 0 spiro atoms. The van der Waals surface area contributed by atoms with Gasteiger partial charge in [-0.1, -0.05) is 12.1 Å². The summed E-state index contributed by atoms with van der Waals surface area (Å²) in [6.07, 6.45) is -4.11. The molecule has 0 amide bonds. The van der Waals surface area contributed by atoms with Crippen LogP contribution in [0.1, 0.15) is 17.9 Å². The molecule has 156 valence electrons. The van der Waals surface area contributed by atoms with Gasteiger partial charge in [0, 0.05) is 24.7 Å². The van der Waals surface area contributed by atoms with Gasteiger partial charge >= 0.3 is 12.8 Å². The van der Waals surface area contributed by atoms with Crippen molar-refractivity contribution in [3.63, 3.8) is 0 Å². The first-order valence-corrected chi connectivity index (χ1v) is 9.98. The first kappa shape index (κ1) is 20.9. The highest BCUT2D eigenvalue weighted by Crippen LogP contribution is 2.30. The number of halogens is 3. The summed E-state index contributed by atoms with van der Waals surface area (Å²) in [6, 6.07) is 10.7. The van der Waals surface area contributed by atoms with Crippen molar-refractivity contribution in [3.8, 4) is 5.75 Å². The van der Waals surface area contributed by atoms with Crippen molar-refractivity contribution in [1.29, 1.82) is 0 Å². The number of ether oxygens (including phenoxy) is 1. The van der Waals surface area contributed by atoms with Crippen molar-refractivity contribution in [3.05, 3.63) is 54.1 Å². The van der Waals surface area contributed by atoms with Gasteiger partial charge in [-0.2, -0.15) is 0 Å². The second-order valence-corrected chi connectivity index (χ2v) is 8.01. The summed E-state index contributed by atoms with van der Waals surface area (Å²) in [5.41, 5.74) is 1.18. The van der Waals surface area contributed by atoms with Crippen molar-refractivity contribution in [2.45, 2.75) is 23.6 Å². The molecule has 0 saturated carbocycles. The monoisotopic (exact) mass is 430 g/mol. The van der Waals surface area contributed by atoms with Crippen LogP contribution in [0.4, 0.5) is 18.9 Å². The molecule has 1 fully saturated rings. The van der Waals surface area contributed by atoms with Gasteiger partial charge in [0.25, 0.3) is 10.0 Å². The zero-order chi connectivity index (χ0) is 21.1. The topological polar surface area (TPSA) is 84.9 Å². The van der Waals surface area contributed by atoms with E-state index >= 15 is 0 Å². The Bertz CT molecular complexity index is 964. The maximum absolute atomic E-state index is 12.5. The Kier molecular flexibility index (Phi) is 5.99. The minimum Gasteiger partial charge on any atom is -0.406 e.